The van der Waals surface area contributed by atoms with Crippen LogP contribution in [0.5, 0.6) is 0 Å². The summed E-state index contributed by atoms with van der Waals surface area (Å²) in [5.41, 5.74) is 2.22. The molecule has 3 rings (SSSR count). The number of urea groups is 1. The molecule has 0 aliphatic rings. The van der Waals surface area contributed by atoms with Crippen molar-refractivity contribution in [2.45, 2.75) is 32.7 Å². The van der Waals surface area contributed by atoms with Gasteiger partial charge in [0.25, 0.3) is 5.56 Å². The zero-order valence-electron chi connectivity index (χ0n) is 16.3. The smallest absolute Gasteiger partial charge is 0.319 e. The van der Waals surface area contributed by atoms with E-state index in [9.17, 15) is 9.59 Å². The van der Waals surface area contributed by atoms with Crippen molar-refractivity contribution in [3.05, 3.63) is 69.2 Å². The van der Waals surface area contributed by atoms with Crippen molar-refractivity contribution >= 4 is 34.2 Å². The fourth-order valence-electron chi connectivity index (χ4n) is 3.03. The molecule has 1 atom stereocenters. The van der Waals surface area contributed by atoms with Gasteiger partial charge in [0.15, 0.2) is 0 Å². The van der Waals surface area contributed by atoms with Crippen LogP contribution in [0.1, 0.15) is 44.1 Å². The van der Waals surface area contributed by atoms with Gasteiger partial charge in [-0.3, -0.25) is 9.36 Å². The number of halogens is 1. The van der Waals surface area contributed by atoms with Crippen LogP contribution < -0.4 is 16.2 Å². The molecule has 0 aliphatic carbocycles. The predicted molar refractivity (Wildman–Crippen MR) is 113 cm³/mol. The zero-order chi connectivity index (χ0) is 20.4. The summed E-state index contributed by atoms with van der Waals surface area (Å²) in [6.45, 7) is 6.01. The molecule has 0 saturated carbocycles. The molecule has 7 heteroatoms. The van der Waals surface area contributed by atoms with Gasteiger partial charge < -0.3 is 10.6 Å². The molecule has 0 saturated heterocycles. The number of carbonyl (C=O) groups is 1. The molecule has 0 bridgehead atoms. The molecule has 2 amide bonds. The minimum Gasteiger partial charge on any atom is -0.328 e. The third-order valence-electron chi connectivity index (χ3n) is 4.64. The first-order valence-corrected chi connectivity index (χ1v) is 9.47. The SMILES string of the molecule is CC(C)c1ccc(NC(=O)NC(C)c2nc3cc(Cl)ccc3c(=O)n2C)cc1. The van der Waals surface area contributed by atoms with Crippen LogP contribution in [0.3, 0.4) is 0 Å². The summed E-state index contributed by atoms with van der Waals surface area (Å²) in [6.07, 6.45) is 0. The Hall–Kier alpha value is -2.86. The van der Waals surface area contributed by atoms with Gasteiger partial charge in [0.2, 0.25) is 0 Å². The van der Waals surface area contributed by atoms with Crippen molar-refractivity contribution in [3.63, 3.8) is 0 Å². The van der Waals surface area contributed by atoms with Crippen molar-refractivity contribution in [3.8, 4) is 0 Å². The standard InChI is InChI=1S/C21H23ClN4O2/c1-12(2)14-5-8-16(9-6-14)24-21(28)23-13(3)19-25-18-11-15(22)7-10-17(18)20(27)26(19)4/h5-13H,1-4H3,(H2,23,24,28). The quantitative estimate of drug-likeness (QED) is 0.674. The number of hydrogen-bond donors (Lipinski definition) is 2. The average molecular weight is 399 g/mol. The molecule has 1 heterocycles. The Morgan fingerprint density at radius 1 is 1.11 bits per heavy atom. The maximum Gasteiger partial charge on any atom is 0.319 e. The Morgan fingerprint density at radius 3 is 2.43 bits per heavy atom. The van der Waals surface area contributed by atoms with E-state index in [1.165, 1.54) is 10.1 Å². The van der Waals surface area contributed by atoms with E-state index in [4.69, 9.17) is 11.6 Å². The number of aromatic nitrogens is 2. The van der Waals surface area contributed by atoms with Crippen molar-refractivity contribution in [2.24, 2.45) is 7.05 Å². The van der Waals surface area contributed by atoms with Crippen LogP contribution in [0.2, 0.25) is 5.02 Å². The van der Waals surface area contributed by atoms with E-state index in [-0.39, 0.29) is 11.6 Å². The minimum absolute atomic E-state index is 0.185. The molecular weight excluding hydrogens is 376 g/mol. The van der Waals surface area contributed by atoms with E-state index >= 15 is 0 Å². The highest BCUT2D eigenvalue weighted by Crippen LogP contribution is 2.19. The number of fused-ring (bicyclic) bond motifs is 1. The van der Waals surface area contributed by atoms with Crippen molar-refractivity contribution in [1.82, 2.24) is 14.9 Å². The second-order valence-electron chi connectivity index (χ2n) is 7.09. The second-order valence-corrected chi connectivity index (χ2v) is 7.53. The lowest BCUT2D eigenvalue weighted by atomic mass is 10.0. The summed E-state index contributed by atoms with van der Waals surface area (Å²) < 4.78 is 1.44. The fraction of sp³-hybridized carbons (Fsp3) is 0.286. The number of benzene rings is 2. The lowest BCUT2D eigenvalue weighted by Crippen LogP contribution is -2.35. The Balaban J connectivity index is 1.78. The number of rotatable bonds is 4. The first-order chi connectivity index (χ1) is 13.3. The van der Waals surface area contributed by atoms with Crippen LogP contribution in [-0.2, 0) is 7.05 Å². The second kappa shape index (κ2) is 8.02. The molecule has 0 spiro atoms. The first kappa shape index (κ1) is 19.9. The van der Waals surface area contributed by atoms with Crippen LogP contribution in [0.15, 0.2) is 47.3 Å². The number of amides is 2. The van der Waals surface area contributed by atoms with Gasteiger partial charge in [0, 0.05) is 17.8 Å². The number of nitrogens with one attached hydrogen (secondary N) is 2. The summed E-state index contributed by atoms with van der Waals surface area (Å²) in [5, 5.41) is 6.61. The van der Waals surface area contributed by atoms with Crippen LogP contribution in [0.4, 0.5) is 10.5 Å². The lowest BCUT2D eigenvalue weighted by Gasteiger charge is -2.18. The van der Waals surface area contributed by atoms with E-state index in [2.05, 4.69) is 29.5 Å². The molecule has 146 valence electrons. The van der Waals surface area contributed by atoms with Crippen molar-refractivity contribution in [2.75, 3.05) is 5.32 Å². The van der Waals surface area contributed by atoms with E-state index in [1.54, 1.807) is 32.2 Å². The predicted octanol–water partition coefficient (Wildman–Crippen LogP) is 4.59. The molecule has 0 aliphatic heterocycles. The average Bonchev–Trinajstić information content (AvgIpc) is 2.64. The van der Waals surface area contributed by atoms with Gasteiger partial charge in [0.05, 0.1) is 16.9 Å². The molecule has 2 N–H and O–H groups in total. The molecule has 0 radical (unpaired) electrons. The van der Waals surface area contributed by atoms with E-state index < -0.39 is 6.04 Å². The summed E-state index contributed by atoms with van der Waals surface area (Å²) in [6, 6.07) is 11.8. The Bertz CT molecular complexity index is 1070. The Kier molecular flexibility index (Phi) is 5.70. The minimum atomic E-state index is -0.476. The summed E-state index contributed by atoms with van der Waals surface area (Å²) in [7, 11) is 1.64. The van der Waals surface area contributed by atoms with Crippen LogP contribution >= 0.6 is 11.6 Å². The highest BCUT2D eigenvalue weighted by Gasteiger charge is 2.17. The van der Waals surface area contributed by atoms with E-state index in [0.29, 0.717) is 33.4 Å². The monoisotopic (exact) mass is 398 g/mol. The Labute approximate surface area is 168 Å². The molecule has 1 aromatic heterocycles. The van der Waals surface area contributed by atoms with Gasteiger partial charge in [-0.2, -0.15) is 0 Å². The molecule has 2 aromatic carbocycles. The number of carbonyl (C=O) groups excluding carboxylic acids is 1. The van der Waals surface area contributed by atoms with Crippen LogP contribution in [0.25, 0.3) is 10.9 Å². The maximum absolute atomic E-state index is 12.6. The Morgan fingerprint density at radius 2 is 1.79 bits per heavy atom. The third-order valence-corrected chi connectivity index (χ3v) is 4.88. The third kappa shape index (κ3) is 4.17. The number of nitrogens with zero attached hydrogens (tertiary/aromatic N) is 2. The van der Waals surface area contributed by atoms with Gasteiger partial charge in [-0.1, -0.05) is 37.6 Å². The summed E-state index contributed by atoms with van der Waals surface area (Å²) in [5.74, 6) is 0.877. The number of hydrogen-bond acceptors (Lipinski definition) is 3. The van der Waals surface area contributed by atoms with E-state index in [1.807, 2.05) is 24.3 Å². The largest absolute Gasteiger partial charge is 0.328 e. The molecule has 28 heavy (non-hydrogen) atoms. The van der Waals surface area contributed by atoms with Gasteiger partial charge in [-0.25, -0.2) is 9.78 Å². The van der Waals surface area contributed by atoms with Crippen molar-refractivity contribution in [1.29, 1.82) is 0 Å². The highest BCUT2D eigenvalue weighted by atomic mass is 35.5. The maximum atomic E-state index is 12.6. The zero-order valence-corrected chi connectivity index (χ0v) is 17.0. The first-order valence-electron chi connectivity index (χ1n) is 9.10. The molecule has 1 unspecified atom stereocenters. The summed E-state index contributed by atoms with van der Waals surface area (Å²) >= 11 is 6.02. The summed E-state index contributed by atoms with van der Waals surface area (Å²) in [4.78, 5) is 29.5. The molecule has 6 nitrogen and oxygen atoms in total. The molecule has 0 fully saturated rings. The normalized spacial score (nSPS) is 12.2. The van der Waals surface area contributed by atoms with Gasteiger partial charge >= 0.3 is 6.03 Å². The fourth-order valence-corrected chi connectivity index (χ4v) is 3.19. The highest BCUT2D eigenvalue weighted by molar-refractivity contribution is 6.31. The van der Waals surface area contributed by atoms with Crippen LogP contribution in [-0.4, -0.2) is 15.6 Å². The van der Waals surface area contributed by atoms with Crippen molar-refractivity contribution < 1.29 is 4.79 Å². The van der Waals surface area contributed by atoms with E-state index in [0.717, 1.165) is 0 Å². The molecule has 3 aromatic rings. The molecular formula is C21H23ClN4O2. The lowest BCUT2D eigenvalue weighted by molar-refractivity contribution is 0.248. The number of anilines is 1. The van der Waals surface area contributed by atoms with Crippen LogP contribution in [0, 0.1) is 0 Å². The topological polar surface area (TPSA) is 76.0 Å². The van der Waals surface area contributed by atoms with Gasteiger partial charge in [-0.05, 0) is 48.7 Å². The van der Waals surface area contributed by atoms with Gasteiger partial charge in [0.1, 0.15) is 5.82 Å². The van der Waals surface area contributed by atoms with Gasteiger partial charge in [-0.15, -0.1) is 0 Å².